The van der Waals surface area contributed by atoms with Crippen molar-refractivity contribution >= 4 is 28.4 Å². The lowest BCUT2D eigenvalue weighted by Gasteiger charge is -2.40. The van der Waals surface area contributed by atoms with E-state index < -0.39 is 23.5 Å². The highest BCUT2D eigenvalue weighted by atomic mass is 35.5. The average Bonchev–Trinajstić information content (AvgIpc) is 2.98. The van der Waals surface area contributed by atoms with Crippen molar-refractivity contribution < 1.29 is 22.4 Å². The van der Waals surface area contributed by atoms with E-state index >= 15 is 0 Å². The van der Waals surface area contributed by atoms with Crippen LogP contribution in [0, 0.1) is 11.6 Å². The van der Waals surface area contributed by atoms with E-state index in [1.54, 1.807) is 4.90 Å². The zero-order valence-electron chi connectivity index (χ0n) is 14.9. The molecule has 152 valence electrons. The number of hydrogen-bond donors (Lipinski definition) is 2. The van der Waals surface area contributed by atoms with Crippen LogP contribution in [-0.2, 0) is 0 Å². The van der Waals surface area contributed by atoms with Crippen LogP contribution in [0.25, 0.3) is 10.9 Å². The Kier molecular flexibility index (Phi) is 5.01. The molecule has 0 unspecified atom stereocenters. The van der Waals surface area contributed by atoms with Crippen LogP contribution in [0.1, 0.15) is 16.9 Å². The van der Waals surface area contributed by atoms with E-state index in [2.05, 4.69) is 10.3 Å². The van der Waals surface area contributed by atoms with Crippen molar-refractivity contribution in [2.24, 2.45) is 0 Å². The second-order valence-corrected chi connectivity index (χ2v) is 7.73. The van der Waals surface area contributed by atoms with E-state index in [4.69, 9.17) is 11.6 Å². The molecule has 2 fully saturated rings. The standard InChI is InChI=1S/C18H19ClF4N4O/c19-14-11(20)1-2-12-13(14)15(21)16(25-12)17(28)27-6-4-24-10(7-27)3-5-26-8-18(22,23)9-26/h1-2,10,24-25H,3-9H2/t10-/m0/s1. The molecule has 2 aromatic rings. The van der Waals surface area contributed by atoms with Gasteiger partial charge in [-0.2, -0.15) is 0 Å². The van der Waals surface area contributed by atoms with Gasteiger partial charge in [-0.3, -0.25) is 9.69 Å². The number of nitrogens with one attached hydrogen (secondary N) is 2. The molecule has 0 aliphatic carbocycles. The highest BCUT2D eigenvalue weighted by molar-refractivity contribution is 6.35. The third-order valence-electron chi connectivity index (χ3n) is 5.25. The minimum Gasteiger partial charge on any atom is -0.348 e. The normalized spacial score (nSPS) is 22.5. The summed E-state index contributed by atoms with van der Waals surface area (Å²) < 4.78 is 54.2. The number of benzene rings is 1. The number of fused-ring (bicyclic) bond motifs is 1. The fraction of sp³-hybridized carbons (Fsp3) is 0.500. The van der Waals surface area contributed by atoms with Gasteiger partial charge in [0.05, 0.1) is 29.0 Å². The summed E-state index contributed by atoms with van der Waals surface area (Å²) in [5.74, 6) is -4.77. The Morgan fingerprint density at radius 3 is 2.75 bits per heavy atom. The minimum absolute atomic E-state index is 0.0691. The molecule has 2 saturated heterocycles. The monoisotopic (exact) mass is 418 g/mol. The van der Waals surface area contributed by atoms with Crippen molar-refractivity contribution in [3.05, 3.63) is 34.5 Å². The van der Waals surface area contributed by atoms with Crippen molar-refractivity contribution in [1.82, 2.24) is 20.1 Å². The summed E-state index contributed by atoms with van der Waals surface area (Å²) in [6.07, 6.45) is 0.603. The van der Waals surface area contributed by atoms with E-state index in [0.717, 1.165) is 6.07 Å². The van der Waals surface area contributed by atoms with Gasteiger partial charge in [-0.1, -0.05) is 11.6 Å². The Morgan fingerprint density at radius 2 is 2.04 bits per heavy atom. The Hall–Kier alpha value is -1.84. The first-order chi connectivity index (χ1) is 13.2. The molecule has 2 aliphatic heterocycles. The summed E-state index contributed by atoms with van der Waals surface area (Å²) in [4.78, 5) is 18.7. The molecule has 5 nitrogen and oxygen atoms in total. The minimum atomic E-state index is -2.60. The smallest absolute Gasteiger partial charge is 0.273 e. The van der Waals surface area contributed by atoms with Gasteiger partial charge < -0.3 is 15.2 Å². The molecule has 2 aliphatic rings. The third-order valence-corrected chi connectivity index (χ3v) is 5.62. The van der Waals surface area contributed by atoms with Gasteiger partial charge in [0.1, 0.15) is 11.5 Å². The molecule has 0 spiro atoms. The largest absolute Gasteiger partial charge is 0.348 e. The van der Waals surface area contributed by atoms with Crippen LogP contribution >= 0.6 is 11.6 Å². The number of piperazine rings is 1. The van der Waals surface area contributed by atoms with Crippen LogP contribution in [-0.4, -0.2) is 71.9 Å². The fourth-order valence-corrected chi connectivity index (χ4v) is 4.04. The fourth-order valence-electron chi connectivity index (χ4n) is 3.80. The summed E-state index contributed by atoms with van der Waals surface area (Å²) >= 11 is 5.84. The van der Waals surface area contributed by atoms with Crippen LogP contribution in [0.4, 0.5) is 17.6 Å². The van der Waals surface area contributed by atoms with Crippen molar-refractivity contribution in [3.8, 4) is 0 Å². The number of amides is 1. The van der Waals surface area contributed by atoms with Gasteiger partial charge >= 0.3 is 0 Å². The lowest BCUT2D eigenvalue weighted by molar-refractivity contribution is -0.131. The summed E-state index contributed by atoms with van der Waals surface area (Å²) in [5, 5.41) is 2.75. The number of nitrogens with zero attached hydrogens (tertiary/aromatic N) is 2. The molecule has 10 heteroatoms. The van der Waals surface area contributed by atoms with Crippen molar-refractivity contribution in [3.63, 3.8) is 0 Å². The number of carbonyl (C=O) groups excluding carboxylic acids is 1. The number of aromatic amines is 1. The molecule has 3 heterocycles. The van der Waals surface area contributed by atoms with Crippen LogP contribution in [0.2, 0.25) is 5.02 Å². The Labute approximate surface area is 163 Å². The van der Waals surface area contributed by atoms with Gasteiger partial charge in [-0.15, -0.1) is 0 Å². The first-order valence-electron chi connectivity index (χ1n) is 9.03. The van der Waals surface area contributed by atoms with Crippen LogP contribution in [0.5, 0.6) is 0 Å². The maximum atomic E-state index is 14.7. The lowest BCUT2D eigenvalue weighted by Crippen LogP contribution is -2.58. The van der Waals surface area contributed by atoms with Crippen LogP contribution in [0.3, 0.4) is 0 Å². The molecule has 1 amide bonds. The van der Waals surface area contributed by atoms with Gasteiger partial charge in [0.2, 0.25) is 0 Å². The van der Waals surface area contributed by atoms with Gasteiger partial charge in [-0.05, 0) is 18.6 Å². The summed E-state index contributed by atoms with van der Waals surface area (Å²) in [6.45, 7) is 1.27. The summed E-state index contributed by atoms with van der Waals surface area (Å²) in [5.41, 5.74) is -0.0109. The molecule has 0 bridgehead atoms. The Morgan fingerprint density at radius 1 is 1.29 bits per heavy atom. The molecule has 1 aromatic carbocycles. The second kappa shape index (κ2) is 7.20. The molecule has 0 radical (unpaired) electrons. The maximum absolute atomic E-state index is 14.7. The number of hydrogen-bond acceptors (Lipinski definition) is 3. The first kappa shape index (κ1) is 19.5. The number of halogens is 5. The second-order valence-electron chi connectivity index (χ2n) is 7.36. The van der Waals surface area contributed by atoms with E-state index in [0.29, 0.717) is 32.6 Å². The number of likely N-dealkylation sites (tertiary alicyclic amines) is 1. The molecule has 1 aromatic heterocycles. The van der Waals surface area contributed by atoms with Gasteiger partial charge in [0.25, 0.3) is 11.8 Å². The topological polar surface area (TPSA) is 51.4 Å². The highest BCUT2D eigenvalue weighted by Crippen LogP contribution is 2.31. The van der Waals surface area contributed by atoms with Crippen LogP contribution < -0.4 is 5.32 Å². The van der Waals surface area contributed by atoms with Gasteiger partial charge in [-0.25, -0.2) is 17.6 Å². The molecule has 2 N–H and O–H groups in total. The molecule has 28 heavy (non-hydrogen) atoms. The number of alkyl halides is 2. The molecular formula is C18H19ClF4N4O. The van der Waals surface area contributed by atoms with Crippen molar-refractivity contribution in [2.75, 3.05) is 39.3 Å². The molecule has 1 atom stereocenters. The zero-order valence-corrected chi connectivity index (χ0v) is 15.6. The number of H-pyrrole nitrogens is 1. The van der Waals surface area contributed by atoms with Crippen molar-refractivity contribution in [2.45, 2.75) is 18.4 Å². The van der Waals surface area contributed by atoms with Gasteiger partial charge in [0, 0.05) is 32.2 Å². The molecule has 4 rings (SSSR count). The van der Waals surface area contributed by atoms with Crippen molar-refractivity contribution in [1.29, 1.82) is 0 Å². The van der Waals surface area contributed by atoms with E-state index in [9.17, 15) is 22.4 Å². The summed E-state index contributed by atoms with van der Waals surface area (Å²) in [6, 6.07) is 2.37. The quantitative estimate of drug-likeness (QED) is 0.751. The van der Waals surface area contributed by atoms with E-state index in [1.807, 2.05) is 0 Å². The van der Waals surface area contributed by atoms with Crippen LogP contribution in [0.15, 0.2) is 12.1 Å². The predicted octanol–water partition coefficient (Wildman–Crippen LogP) is 2.85. The predicted molar refractivity (Wildman–Crippen MR) is 96.9 cm³/mol. The van der Waals surface area contributed by atoms with Gasteiger partial charge in [0.15, 0.2) is 5.82 Å². The Bertz CT molecular complexity index is 911. The number of aromatic nitrogens is 1. The zero-order chi connectivity index (χ0) is 20.1. The van der Waals surface area contributed by atoms with E-state index in [-0.39, 0.29) is 40.8 Å². The lowest BCUT2D eigenvalue weighted by atomic mass is 10.1. The maximum Gasteiger partial charge on any atom is 0.273 e. The summed E-state index contributed by atoms with van der Waals surface area (Å²) in [7, 11) is 0. The molecule has 0 saturated carbocycles. The average molecular weight is 419 g/mol. The first-order valence-corrected chi connectivity index (χ1v) is 9.41. The SMILES string of the molecule is O=C(c1[nH]c2ccc(F)c(Cl)c2c1F)N1CCN[C@@H](CCN2CC(F)(F)C2)C1. The van der Waals surface area contributed by atoms with E-state index in [1.165, 1.54) is 11.0 Å². The highest BCUT2D eigenvalue weighted by Gasteiger charge is 2.43. The Balaban J connectivity index is 1.44. The number of rotatable bonds is 4. The number of carbonyl (C=O) groups is 1. The third kappa shape index (κ3) is 3.58. The molecular weight excluding hydrogens is 400 g/mol.